The SMILES string of the molecule is CCC(C)NCC(C)N(C)C(C)Cc1cccs1. The van der Waals surface area contributed by atoms with Crippen LogP contribution in [0.15, 0.2) is 17.5 Å². The average molecular weight is 268 g/mol. The van der Waals surface area contributed by atoms with Gasteiger partial charge in [0, 0.05) is 29.5 Å². The molecule has 0 radical (unpaired) electrons. The first-order valence-electron chi connectivity index (χ1n) is 7.02. The largest absolute Gasteiger partial charge is 0.313 e. The second kappa shape index (κ2) is 7.93. The summed E-state index contributed by atoms with van der Waals surface area (Å²) in [6, 6.07) is 6.16. The van der Waals surface area contributed by atoms with Crippen LogP contribution < -0.4 is 5.32 Å². The van der Waals surface area contributed by atoms with E-state index in [0.29, 0.717) is 18.1 Å². The van der Waals surface area contributed by atoms with E-state index in [4.69, 9.17) is 0 Å². The Labute approximate surface area is 116 Å². The maximum absolute atomic E-state index is 3.59. The number of hydrogen-bond donors (Lipinski definition) is 1. The molecule has 0 aliphatic carbocycles. The van der Waals surface area contributed by atoms with E-state index in [1.807, 2.05) is 11.3 Å². The molecule has 3 unspecified atom stereocenters. The summed E-state index contributed by atoms with van der Waals surface area (Å²) in [7, 11) is 2.24. The average Bonchev–Trinajstić information content (AvgIpc) is 2.87. The van der Waals surface area contributed by atoms with Crippen molar-refractivity contribution in [2.75, 3.05) is 13.6 Å². The van der Waals surface area contributed by atoms with Gasteiger partial charge in [-0.3, -0.25) is 4.90 Å². The molecule has 1 N–H and O–H groups in total. The minimum Gasteiger partial charge on any atom is -0.313 e. The van der Waals surface area contributed by atoms with Crippen LogP contribution >= 0.6 is 11.3 Å². The van der Waals surface area contributed by atoms with E-state index in [2.05, 4.69) is 62.5 Å². The van der Waals surface area contributed by atoms with Crippen LogP contribution in [-0.4, -0.2) is 36.6 Å². The topological polar surface area (TPSA) is 15.3 Å². The van der Waals surface area contributed by atoms with Gasteiger partial charge in [0.15, 0.2) is 0 Å². The highest BCUT2D eigenvalue weighted by molar-refractivity contribution is 7.09. The van der Waals surface area contributed by atoms with Crippen LogP contribution in [0.25, 0.3) is 0 Å². The fourth-order valence-corrected chi connectivity index (χ4v) is 2.78. The quantitative estimate of drug-likeness (QED) is 0.777. The number of nitrogens with one attached hydrogen (secondary N) is 1. The molecule has 1 heterocycles. The Morgan fingerprint density at radius 3 is 2.56 bits per heavy atom. The Kier molecular flexibility index (Phi) is 6.90. The van der Waals surface area contributed by atoms with Crippen molar-refractivity contribution in [2.45, 2.75) is 58.7 Å². The molecule has 0 bridgehead atoms. The van der Waals surface area contributed by atoms with Crippen LogP contribution in [0.2, 0.25) is 0 Å². The molecule has 0 spiro atoms. The second-order valence-electron chi connectivity index (χ2n) is 5.36. The molecule has 1 aromatic heterocycles. The first kappa shape index (κ1) is 15.7. The zero-order valence-electron chi connectivity index (χ0n) is 12.4. The van der Waals surface area contributed by atoms with Crippen molar-refractivity contribution in [3.05, 3.63) is 22.4 Å². The van der Waals surface area contributed by atoms with E-state index in [1.54, 1.807) is 0 Å². The number of nitrogens with zero attached hydrogens (tertiary/aromatic N) is 1. The number of likely N-dealkylation sites (N-methyl/N-ethyl adjacent to an activating group) is 1. The van der Waals surface area contributed by atoms with Gasteiger partial charge in [0.25, 0.3) is 0 Å². The predicted octanol–water partition coefficient (Wildman–Crippen LogP) is 3.39. The van der Waals surface area contributed by atoms with Gasteiger partial charge in [-0.1, -0.05) is 13.0 Å². The molecule has 0 aliphatic heterocycles. The minimum absolute atomic E-state index is 0.578. The van der Waals surface area contributed by atoms with Crippen molar-refractivity contribution < 1.29 is 0 Å². The third-order valence-electron chi connectivity index (χ3n) is 3.84. The maximum Gasteiger partial charge on any atom is 0.0192 e. The van der Waals surface area contributed by atoms with E-state index in [9.17, 15) is 0 Å². The van der Waals surface area contributed by atoms with E-state index in [0.717, 1.165) is 13.0 Å². The second-order valence-corrected chi connectivity index (χ2v) is 6.40. The van der Waals surface area contributed by atoms with E-state index >= 15 is 0 Å². The van der Waals surface area contributed by atoms with Gasteiger partial charge in [0.1, 0.15) is 0 Å². The van der Waals surface area contributed by atoms with Crippen LogP contribution in [0.4, 0.5) is 0 Å². The molecule has 0 amide bonds. The van der Waals surface area contributed by atoms with Crippen molar-refractivity contribution in [3.63, 3.8) is 0 Å². The highest BCUT2D eigenvalue weighted by atomic mass is 32.1. The van der Waals surface area contributed by atoms with Crippen LogP contribution in [0.5, 0.6) is 0 Å². The van der Waals surface area contributed by atoms with Crippen molar-refractivity contribution in [2.24, 2.45) is 0 Å². The predicted molar refractivity (Wildman–Crippen MR) is 82.5 cm³/mol. The van der Waals surface area contributed by atoms with E-state index in [-0.39, 0.29) is 0 Å². The molecule has 2 nitrogen and oxygen atoms in total. The van der Waals surface area contributed by atoms with Gasteiger partial charge in [-0.05, 0) is 52.1 Å². The number of hydrogen-bond acceptors (Lipinski definition) is 3. The van der Waals surface area contributed by atoms with Crippen LogP contribution in [0.1, 0.15) is 39.0 Å². The van der Waals surface area contributed by atoms with Crippen molar-refractivity contribution >= 4 is 11.3 Å². The van der Waals surface area contributed by atoms with Gasteiger partial charge in [-0.2, -0.15) is 0 Å². The van der Waals surface area contributed by atoms with Gasteiger partial charge in [0.05, 0.1) is 0 Å². The number of thiophene rings is 1. The van der Waals surface area contributed by atoms with Gasteiger partial charge in [-0.25, -0.2) is 0 Å². The normalized spacial score (nSPS) is 16.8. The number of rotatable bonds is 8. The van der Waals surface area contributed by atoms with Crippen LogP contribution in [0, 0.1) is 0 Å². The summed E-state index contributed by atoms with van der Waals surface area (Å²) in [6.07, 6.45) is 2.35. The van der Waals surface area contributed by atoms with Crippen molar-refractivity contribution in [1.29, 1.82) is 0 Å². The van der Waals surface area contributed by atoms with Crippen LogP contribution in [-0.2, 0) is 6.42 Å². The molecule has 3 heteroatoms. The Bertz CT molecular complexity index is 310. The Morgan fingerprint density at radius 1 is 1.28 bits per heavy atom. The monoisotopic (exact) mass is 268 g/mol. The molecule has 0 aliphatic rings. The lowest BCUT2D eigenvalue weighted by Crippen LogP contribution is -2.45. The third kappa shape index (κ3) is 5.09. The van der Waals surface area contributed by atoms with Gasteiger partial charge in [0.2, 0.25) is 0 Å². The molecule has 1 aromatic rings. The summed E-state index contributed by atoms with van der Waals surface area (Å²) < 4.78 is 0. The molecular formula is C15H28N2S. The van der Waals surface area contributed by atoms with E-state index < -0.39 is 0 Å². The molecule has 0 fully saturated rings. The minimum atomic E-state index is 0.578. The molecule has 18 heavy (non-hydrogen) atoms. The molecule has 0 aromatic carbocycles. The van der Waals surface area contributed by atoms with Crippen molar-refractivity contribution in [1.82, 2.24) is 10.2 Å². The lowest BCUT2D eigenvalue weighted by molar-refractivity contribution is 0.188. The third-order valence-corrected chi connectivity index (χ3v) is 4.74. The highest BCUT2D eigenvalue weighted by Gasteiger charge is 2.16. The maximum atomic E-state index is 3.59. The molecular weight excluding hydrogens is 240 g/mol. The molecule has 0 saturated carbocycles. The Balaban J connectivity index is 2.35. The molecule has 3 atom stereocenters. The van der Waals surface area contributed by atoms with E-state index in [1.165, 1.54) is 11.3 Å². The molecule has 0 saturated heterocycles. The highest BCUT2D eigenvalue weighted by Crippen LogP contribution is 2.14. The summed E-state index contributed by atoms with van der Waals surface area (Å²) >= 11 is 1.86. The molecule has 104 valence electrons. The fourth-order valence-electron chi connectivity index (χ4n) is 1.96. The summed E-state index contributed by atoms with van der Waals surface area (Å²) in [5.74, 6) is 0. The fraction of sp³-hybridized carbons (Fsp3) is 0.733. The van der Waals surface area contributed by atoms with Crippen molar-refractivity contribution in [3.8, 4) is 0 Å². The van der Waals surface area contributed by atoms with Crippen LogP contribution in [0.3, 0.4) is 0 Å². The first-order valence-corrected chi connectivity index (χ1v) is 7.90. The van der Waals surface area contributed by atoms with Gasteiger partial charge in [-0.15, -0.1) is 11.3 Å². The smallest absolute Gasteiger partial charge is 0.0192 e. The molecule has 1 rings (SSSR count). The van der Waals surface area contributed by atoms with Gasteiger partial charge >= 0.3 is 0 Å². The zero-order valence-corrected chi connectivity index (χ0v) is 13.3. The summed E-state index contributed by atoms with van der Waals surface area (Å²) in [6.45, 7) is 10.2. The Hall–Kier alpha value is -0.380. The summed E-state index contributed by atoms with van der Waals surface area (Å²) in [4.78, 5) is 3.96. The summed E-state index contributed by atoms with van der Waals surface area (Å²) in [5, 5.41) is 5.75. The standard InChI is InChI=1S/C15H28N2S/c1-6-12(2)16-11-14(4)17(5)13(3)10-15-8-7-9-18-15/h7-9,12-14,16H,6,10-11H2,1-5H3. The zero-order chi connectivity index (χ0) is 13.5. The first-order chi connectivity index (χ1) is 8.54. The summed E-state index contributed by atoms with van der Waals surface area (Å²) in [5.41, 5.74) is 0. The van der Waals surface area contributed by atoms with Gasteiger partial charge < -0.3 is 5.32 Å². The lowest BCUT2D eigenvalue weighted by atomic mass is 10.1. The lowest BCUT2D eigenvalue weighted by Gasteiger charge is -2.31. The Morgan fingerprint density at radius 2 is 2.00 bits per heavy atom.